The van der Waals surface area contributed by atoms with Gasteiger partial charge in [-0.15, -0.1) is 0 Å². The topological polar surface area (TPSA) is 66.7 Å². The van der Waals surface area contributed by atoms with E-state index in [0.717, 1.165) is 31.5 Å². The average Bonchev–Trinajstić information content (AvgIpc) is 2.97. The summed E-state index contributed by atoms with van der Waals surface area (Å²) in [5.41, 5.74) is 1.11. The number of nitro groups is 1. The molecule has 0 saturated carbocycles. The van der Waals surface area contributed by atoms with Crippen LogP contribution < -0.4 is 4.90 Å². The molecule has 0 N–H and O–H groups in total. The lowest BCUT2D eigenvalue weighted by atomic mass is 9.74. The molecule has 0 aromatic heterocycles. The maximum absolute atomic E-state index is 14.0. The molecule has 1 spiro atoms. The Morgan fingerprint density at radius 1 is 1.21 bits per heavy atom. The summed E-state index contributed by atoms with van der Waals surface area (Å²) in [7, 11) is 2.05. The monoisotopic (exact) mass is 403 g/mol. The molecule has 0 radical (unpaired) electrons. The predicted octanol–water partition coefficient (Wildman–Crippen LogP) is 4.01. The van der Waals surface area contributed by atoms with E-state index in [1.165, 1.54) is 30.3 Å². The van der Waals surface area contributed by atoms with Crippen LogP contribution in [0.2, 0.25) is 5.02 Å². The van der Waals surface area contributed by atoms with Crippen LogP contribution in [0, 0.1) is 15.9 Å². The van der Waals surface area contributed by atoms with E-state index >= 15 is 0 Å². The van der Waals surface area contributed by atoms with E-state index in [4.69, 9.17) is 11.6 Å². The van der Waals surface area contributed by atoms with E-state index in [9.17, 15) is 19.3 Å². The third-order valence-electron chi connectivity index (χ3n) is 5.86. The molecule has 0 aliphatic carbocycles. The highest BCUT2D eigenvalue weighted by atomic mass is 35.5. The minimum atomic E-state index is -0.606. The van der Waals surface area contributed by atoms with Crippen molar-refractivity contribution in [1.82, 2.24) is 4.90 Å². The largest absolute Gasteiger partial charge is 0.307 e. The zero-order valence-electron chi connectivity index (χ0n) is 15.3. The van der Waals surface area contributed by atoms with Crippen LogP contribution in [-0.2, 0) is 5.41 Å². The number of hydrogen-bond acceptors (Lipinski definition) is 4. The Hall–Kier alpha value is -2.51. The van der Waals surface area contributed by atoms with E-state index in [1.54, 1.807) is 11.0 Å². The zero-order chi connectivity index (χ0) is 20.1. The van der Waals surface area contributed by atoms with Gasteiger partial charge in [0.1, 0.15) is 10.8 Å². The van der Waals surface area contributed by atoms with Gasteiger partial charge in [0, 0.05) is 29.3 Å². The molecule has 2 heterocycles. The lowest BCUT2D eigenvalue weighted by molar-refractivity contribution is -0.384. The maximum atomic E-state index is 14.0. The number of anilines is 1. The number of hydrogen-bond donors (Lipinski definition) is 0. The molecule has 0 unspecified atom stereocenters. The number of fused-ring (bicyclic) bond motifs is 2. The van der Waals surface area contributed by atoms with Gasteiger partial charge >= 0.3 is 0 Å². The standard InChI is InChI=1S/C20H19ClFN3O3/c1-23-8-6-20(7-9-23)12-24(17-5-3-14(22)11-15(17)20)19(26)13-2-4-16(21)18(10-13)25(27)28/h2-5,10-11H,6-9,12H2,1H3. The Bertz CT molecular complexity index is 973. The van der Waals surface area contributed by atoms with Gasteiger partial charge in [-0.2, -0.15) is 0 Å². The molecule has 4 rings (SSSR count). The third-order valence-corrected chi connectivity index (χ3v) is 6.18. The molecule has 28 heavy (non-hydrogen) atoms. The third kappa shape index (κ3) is 3.04. The van der Waals surface area contributed by atoms with Crippen LogP contribution in [-0.4, -0.2) is 42.4 Å². The fourth-order valence-corrected chi connectivity index (χ4v) is 4.42. The van der Waals surface area contributed by atoms with Gasteiger partial charge < -0.3 is 9.80 Å². The van der Waals surface area contributed by atoms with Crippen molar-refractivity contribution in [2.24, 2.45) is 0 Å². The number of halogens is 2. The number of carbonyl (C=O) groups is 1. The van der Waals surface area contributed by atoms with Gasteiger partial charge in [-0.05, 0) is 68.9 Å². The van der Waals surface area contributed by atoms with Gasteiger partial charge in [-0.3, -0.25) is 14.9 Å². The van der Waals surface area contributed by atoms with Crippen molar-refractivity contribution in [2.45, 2.75) is 18.3 Å². The summed E-state index contributed by atoms with van der Waals surface area (Å²) >= 11 is 5.87. The molecular formula is C20H19ClFN3O3. The molecule has 1 amide bonds. The first-order chi connectivity index (χ1) is 13.3. The van der Waals surface area contributed by atoms with Gasteiger partial charge in [0.15, 0.2) is 0 Å². The van der Waals surface area contributed by atoms with Crippen LogP contribution >= 0.6 is 11.6 Å². The molecule has 6 nitrogen and oxygen atoms in total. The van der Waals surface area contributed by atoms with E-state index in [1.807, 2.05) is 7.05 Å². The van der Waals surface area contributed by atoms with Gasteiger partial charge in [0.2, 0.25) is 0 Å². The second-order valence-corrected chi connectivity index (χ2v) is 7.97. The van der Waals surface area contributed by atoms with Crippen LogP contribution in [0.5, 0.6) is 0 Å². The molecular weight excluding hydrogens is 385 g/mol. The molecule has 2 aliphatic heterocycles. The second kappa shape index (κ2) is 6.83. The number of rotatable bonds is 2. The lowest BCUT2D eigenvalue weighted by Crippen LogP contribution is -2.44. The van der Waals surface area contributed by atoms with Crippen LogP contribution in [0.15, 0.2) is 36.4 Å². The number of likely N-dealkylation sites (tertiary alicyclic amines) is 1. The van der Waals surface area contributed by atoms with Crippen LogP contribution in [0.1, 0.15) is 28.8 Å². The normalized spacial score (nSPS) is 18.3. The quantitative estimate of drug-likeness (QED) is 0.561. The van der Waals surface area contributed by atoms with E-state index < -0.39 is 4.92 Å². The molecule has 2 aromatic rings. The van der Waals surface area contributed by atoms with Crippen molar-refractivity contribution in [3.05, 3.63) is 68.5 Å². The minimum absolute atomic E-state index is 0.0165. The molecule has 2 aromatic carbocycles. The SMILES string of the molecule is CN1CCC2(CC1)CN(C(=O)c1ccc(Cl)c([N+](=O)[O-])c1)c1ccc(F)cc12. The first-order valence-corrected chi connectivity index (χ1v) is 9.43. The number of nitrogens with zero attached hydrogens (tertiary/aromatic N) is 3. The number of piperidine rings is 1. The smallest absolute Gasteiger partial charge is 0.288 e. The fourth-order valence-electron chi connectivity index (χ4n) is 4.24. The lowest BCUT2D eigenvalue weighted by Gasteiger charge is -2.38. The minimum Gasteiger partial charge on any atom is -0.307 e. The summed E-state index contributed by atoms with van der Waals surface area (Å²) < 4.78 is 14.0. The molecule has 1 saturated heterocycles. The molecule has 146 valence electrons. The summed E-state index contributed by atoms with van der Waals surface area (Å²) in [6.45, 7) is 2.17. The number of nitro benzene ring substituents is 1. The van der Waals surface area contributed by atoms with Crippen LogP contribution in [0.4, 0.5) is 15.8 Å². The predicted molar refractivity (Wildman–Crippen MR) is 105 cm³/mol. The van der Waals surface area contributed by atoms with E-state index in [-0.39, 0.29) is 33.4 Å². The Labute approximate surface area is 166 Å². The molecule has 0 atom stereocenters. The van der Waals surface area contributed by atoms with E-state index in [2.05, 4.69) is 4.90 Å². The summed E-state index contributed by atoms with van der Waals surface area (Å²) in [4.78, 5) is 27.6. The van der Waals surface area contributed by atoms with Gasteiger partial charge in [0.05, 0.1) is 4.92 Å². The summed E-state index contributed by atoms with van der Waals surface area (Å²) in [5, 5.41) is 11.2. The Morgan fingerprint density at radius 2 is 1.93 bits per heavy atom. The maximum Gasteiger partial charge on any atom is 0.288 e. The Balaban J connectivity index is 1.74. The van der Waals surface area contributed by atoms with Crippen molar-refractivity contribution in [1.29, 1.82) is 0 Å². The number of amides is 1. The second-order valence-electron chi connectivity index (χ2n) is 7.56. The van der Waals surface area contributed by atoms with Crippen molar-refractivity contribution in [3.8, 4) is 0 Å². The van der Waals surface area contributed by atoms with Crippen molar-refractivity contribution < 1.29 is 14.1 Å². The van der Waals surface area contributed by atoms with E-state index in [0.29, 0.717) is 12.2 Å². The number of benzene rings is 2. The highest BCUT2D eigenvalue weighted by molar-refractivity contribution is 6.32. The summed E-state index contributed by atoms with van der Waals surface area (Å²) in [6, 6.07) is 8.55. The Kier molecular flexibility index (Phi) is 4.59. The van der Waals surface area contributed by atoms with Gasteiger partial charge in [0.25, 0.3) is 11.6 Å². The van der Waals surface area contributed by atoms with Crippen LogP contribution in [0.25, 0.3) is 0 Å². The zero-order valence-corrected chi connectivity index (χ0v) is 16.1. The molecule has 0 bridgehead atoms. The summed E-state index contributed by atoms with van der Waals surface area (Å²) in [6.07, 6.45) is 1.65. The van der Waals surface area contributed by atoms with Gasteiger partial charge in [-0.25, -0.2) is 4.39 Å². The van der Waals surface area contributed by atoms with Crippen molar-refractivity contribution >= 4 is 28.9 Å². The van der Waals surface area contributed by atoms with Crippen molar-refractivity contribution in [3.63, 3.8) is 0 Å². The number of carbonyl (C=O) groups excluding carboxylic acids is 1. The highest BCUT2D eigenvalue weighted by Gasteiger charge is 2.46. The Morgan fingerprint density at radius 3 is 2.61 bits per heavy atom. The first kappa shape index (κ1) is 18.8. The van der Waals surface area contributed by atoms with Crippen molar-refractivity contribution in [2.75, 3.05) is 31.6 Å². The van der Waals surface area contributed by atoms with Crippen LogP contribution in [0.3, 0.4) is 0 Å². The molecule has 2 aliphatic rings. The first-order valence-electron chi connectivity index (χ1n) is 9.05. The molecule has 1 fully saturated rings. The fraction of sp³-hybridized carbons (Fsp3) is 0.350. The van der Waals surface area contributed by atoms with Gasteiger partial charge in [-0.1, -0.05) is 11.6 Å². The molecule has 8 heteroatoms. The highest BCUT2D eigenvalue weighted by Crippen LogP contribution is 2.47. The average molecular weight is 404 g/mol. The summed E-state index contributed by atoms with van der Waals surface area (Å²) in [5.74, 6) is -0.670.